The molecule has 0 aromatic heterocycles. The second-order valence-corrected chi connectivity index (χ2v) is 10.2. The van der Waals surface area contributed by atoms with Gasteiger partial charge in [-0.3, -0.25) is 0 Å². The molecule has 0 spiro atoms. The van der Waals surface area contributed by atoms with E-state index in [0.29, 0.717) is 30.6 Å². The summed E-state index contributed by atoms with van der Waals surface area (Å²) >= 11 is 0. The topological polar surface area (TPSA) is 18.5 Å². The van der Waals surface area contributed by atoms with Crippen LogP contribution in [0.4, 0.5) is 30.7 Å². The van der Waals surface area contributed by atoms with Gasteiger partial charge >= 0.3 is 6.11 Å². The normalized spacial score (nSPS) is 24.8. The maximum Gasteiger partial charge on any atom is 0.429 e. The Balaban J connectivity index is 1.39. The van der Waals surface area contributed by atoms with Gasteiger partial charge in [0.1, 0.15) is 11.3 Å². The maximum atomic E-state index is 14.9. The number of alkyl halides is 2. The van der Waals surface area contributed by atoms with Crippen molar-refractivity contribution in [2.75, 3.05) is 13.2 Å². The largest absolute Gasteiger partial charge is 0.429 e. The van der Waals surface area contributed by atoms with E-state index in [4.69, 9.17) is 4.74 Å². The molecule has 0 amide bonds. The predicted octanol–water partition coefficient (Wildman–Crippen LogP) is 8.63. The maximum absolute atomic E-state index is 14.9. The van der Waals surface area contributed by atoms with E-state index in [1.54, 1.807) is 0 Å². The smallest absolute Gasteiger partial charge is 0.429 e. The molecule has 0 aliphatic heterocycles. The minimum absolute atomic E-state index is 0.0368. The zero-order valence-corrected chi connectivity index (χ0v) is 20.7. The highest BCUT2D eigenvalue weighted by Gasteiger charge is 2.41. The van der Waals surface area contributed by atoms with Crippen molar-refractivity contribution in [1.82, 2.24) is 0 Å². The van der Waals surface area contributed by atoms with Gasteiger partial charge in [0.2, 0.25) is 0 Å². The predicted molar refractivity (Wildman–Crippen MR) is 124 cm³/mol. The van der Waals surface area contributed by atoms with Crippen LogP contribution in [0.3, 0.4) is 0 Å². The van der Waals surface area contributed by atoms with E-state index in [1.165, 1.54) is 0 Å². The minimum atomic E-state index is -4.45. The van der Waals surface area contributed by atoms with Gasteiger partial charge in [0.05, 0.1) is 0 Å². The number of benzene rings is 2. The molecule has 2 aliphatic rings. The zero-order chi connectivity index (χ0) is 26.7. The monoisotopic (exact) mass is 532 g/mol. The first-order chi connectivity index (χ1) is 17.6. The van der Waals surface area contributed by atoms with Crippen molar-refractivity contribution in [2.24, 2.45) is 17.8 Å². The lowest BCUT2D eigenvalue weighted by Gasteiger charge is -2.38. The van der Waals surface area contributed by atoms with Crippen molar-refractivity contribution in [3.8, 4) is 5.75 Å². The molecule has 2 nitrogen and oxygen atoms in total. The lowest BCUT2D eigenvalue weighted by molar-refractivity contribution is -0.188. The molecule has 2 fully saturated rings. The van der Waals surface area contributed by atoms with E-state index in [2.05, 4.69) is 4.74 Å². The lowest BCUT2D eigenvalue weighted by Crippen LogP contribution is -2.27. The van der Waals surface area contributed by atoms with E-state index in [1.807, 2.05) is 6.92 Å². The molecular weight excluding hydrogens is 501 g/mol. The number of halogens is 7. The van der Waals surface area contributed by atoms with E-state index in [0.717, 1.165) is 63.9 Å². The van der Waals surface area contributed by atoms with Gasteiger partial charge in [0.15, 0.2) is 29.1 Å². The van der Waals surface area contributed by atoms with Crippen LogP contribution in [0.1, 0.15) is 75.3 Å². The molecule has 37 heavy (non-hydrogen) atoms. The molecule has 0 atom stereocenters. The van der Waals surface area contributed by atoms with Crippen LogP contribution in [-0.4, -0.2) is 13.2 Å². The first-order valence-electron chi connectivity index (χ1n) is 12.9. The summed E-state index contributed by atoms with van der Waals surface area (Å²) < 4.78 is 108. The minimum Gasteiger partial charge on any atom is -0.429 e. The second-order valence-electron chi connectivity index (χ2n) is 10.2. The molecule has 0 bridgehead atoms. The summed E-state index contributed by atoms with van der Waals surface area (Å²) in [4.78, 5) is 0. The highest BCUT2D eigenvalue weighted by molar-refractivity contribution is 5.33. The summed E-state index contributed by atoms with van der Waals surface area (Å²) in [5, 5.41) is 0. The number of ether oxygens (including phenoxy) is 2. The van der Waals surface area contributed by atoms with Gasteiger partial charge in [0.25, 0.3) is 0 Å². The van der Waals surface area contributed by atoms with Crippen LogP contribution >= 0.6 is 0 Å². The number of rotatable bonds is 8. The molecule has 0 saturated heterocycles. The fourth-order valence-electron chi connectivity index (χ4n) is 5.91. The van der Waals surface area contributed by atoms with Crippen LogP contribution < -0.4 is 4.74 Å². The Morgan fingerprint density at radius 3 is 1.89 bits per heavy atom. The Morgan fingerprint density at radius 1 is 0.757 bits per heavy atom. The summed E-state index contributed by atoms with van der Waals surface area (Å²) in [6, 6.07) is 2.27. The SMILES string of the molecule is CCOCC1CCC(C2CCC(c3ccc(C(F)(F)Oc4cc(F)c(F)c(F)c4)c(F)c3F)CC2)CC1. The van der Waals surface area contributed by atoms with Crippen molar-refractivity contribution in [3.63, 3.8) is 0 Å². The Labute approximate surface area is 212 Å². The first-order valence-corrected chi connectivity index (χ1v) is 12.9. The first kappa shape index (κ1) is 27.7. The van der Waals surface area contributed by atoms with E-state index in [9.17, 15) is 30.7 Å². The van der Waals surface area contributed by atoms with Crippen molar-refractivity contribution in [2.45, 2.75) is 70.3 Å². The average Bonchev–Trinajstić information content (AvgIpc) is 2.87. The van der Waals surface area contributed by atoms with Crippen LogP contribution in [-0.2, 0) is 10.8 Å². The Kier molecular flexibility index (Phi) is 8.71. The highest BCUT2D eigenvalue weighted by atomic mass is 19.3. The average molecular weight is 533 g/mol. The summed E-state index contributed by atoms with van der Waals surface area (Å²) in [7, 11) is 0. The zero-order valence-electron chi connectivity index (χ0n) is 20.7. The molecular formula is C28H31F7O2. The van der Waals surface area contributed by atoms with Gasteiger partial charge in [-0.05, 0) is 93.6 Å². The summed E-state index contributed by atoms with van der Waals surface area (Å²) in [5.41, 5.74) is -1.37. The van der Waals surface area contributed by atoms with Crippen LogP contribution in [0.5, 0.6) is 5.75 Å². The fraction of sp³-hybridized carbons (Fsp3) is 0.571. The Bertz CT molecular complexity index is 1050. The molecule has 2 saturated carbocycles. The van der Waals surface area contributed by atoms with E-state index < -0.39 is 46.5 Å². The van der Waals surface area contributed by atoms with Gasteiger partial charge < -0.3 is 9.47 Å². The molecule has 9 heteroatoms. The molecule has 0 unspecified atom stereocenters. The summed E-state index contributed by atoms with van der Waals surface area (Å²) in [6.45, 7) is 3.52. The van der Waals surface area contributed by atoms with Crippen LogP contribution in [0.15, 0.2) is 24.3 Å². The van der Waals surface area contributed by atoms with Crippen molar-refractivity contribution in [1.29, 1.82) is 0 Å². The molecule has 4 rings (SSSR count). The summed E-state index contributed by atoms with van der Waals surface area (Å²) in [6.07, 6.45) is 3.13. The summed E-state index contributed by atoms with van der Waals surface area (Å²) in [5.74, 6) is -8.13. The van der Waals surface area contributed by atoms with E-state index in [-0.39, 0.29) is 23.6 Å². The molecule has 2 aromatic carbocycles. The van der Waals surface area contributed by atoms with E-state index >= 15 is 0 Å². The lowest BCUT2D eigenvalue weighted by atomic mass is 9.68. The molecule has 0 N–H and O–H groups in total. The van der Waals surface area contributed by atoms with Gasteiger partial charge in [-0.15, -0.1) is 0 Å². The highest BCUT2D eigenvalue weighted by Crippen LogP contribution is 2.45. The van der Waals surface area contributed by atoms with Gasteiger partial charge in [-0.2, -0.15) is 8.78 Å². The van der Waals surface area contributed by atoms with Crippen LogP contribution in [0.25, 0.3) is 0 Å². The Hall–Kier alpha value is -2.29. The third-order valence-corrected chi connectivity index (χ3v) is 7.96. The molecule has 0 heterocycles. The van der Waals surface area contributed by atoms with Crippen LogP contribution in [0, 0.1) is 46.8 Å². The van der Waals surface area contributed by atoms with Crippen molar-refractivity contribution in [3.05, 3.63) is 64.5 Å². The molecule has 204 valence electrons. The quantitative estimate of drug-likeness (QED) is 0.250. The number of hydrogen-bond acceptors (Lipinski definition) is 2. The molecule has 0 radical (unpaired) electrons. The number of hydrogen-bond donors (Lipinski definition) is 0. The second kappa shape index (κ2) is 11.6. The Morgan fingerprint density at radius 2 is 1.32 bits per heavy atom. The fourth-order valence-corrected chi connectivity index (χ4v) is 5.91. The molecule has 2 aromatic rings. The van der Waals surface area contributed by atoms with Crippen molar-refractivity contribution < 1.29 is 40.2 Å². The third kappa shape index (κ3) is 6.24. The van der Waals surface area contributed by atoms with Gasteiger partial charge in [-0.1, -0.05) is 6.07 Å². The van der Waals surface area contributed by atoms with Crippen LogP contribution in [0.2, 0.25) is 0 Å². The van der Waals surface area contributed by atoms with Gasteiger partial charge in [0, 0.05) is 25.3 Å². The van der Waals surface area contributed by atoms with Gasteiger partial charge in [-0.25, -0.2) is 22.0 Å². The van der Waals surface area contributed by atoms with Crippen molar-refractivity contribution >= 4 is 0 Å². The standard InChI is InChI=1S/C28H31F7O2/c1-2-36-15-16-3-5-17(6-4-16)18-7-9-19(10-8-18)21-11-12-22(26(32)25(21)31)28(34,35)37-20-13-23(29)27(33)24(30)14-20/h11-14,16-19H,2-10,15H2,1H3. The third-order valence-electron chi connectivity index (χ3n) is 7.96. The molecule has 2 aliphatic carbocycles.